The van der Waals surface area contributed by atoms with Crippen molar-refractivity contribution >= 4 is 22.8 Å². The summed E-state index contributed by atoms with van der Waals surface area (Å²) in [6, 6.07) is 5.34. The van der Waals surface area contributed by atoms with E-state index in [4.69, 9.17) is 15.6 Å². The summed E-state index contributed by atoms with van der Waals surface area (Å²) in [5.41, 5.74) is 5.96. The second kappa shape index (κ2) is 6.77. The number of carboxylic acid groups (broad SMARTS) is 1. The van der Waals surface area contributed by atoms with Gasteiger partial charge in [0.1, 0.15) is 11.6 Å². The molecule has 0 bridgehead atoms. The fourth-order valence-corrected chi connectivity index (χ4v) is 3.08. The number of benzene rings is 1. The average Bonchev–Trinajstić information content (AvgIpc) is 2.55. The number of aromatic nitrogens is 2. The molecule has 24 heavy (non-hydrogen) atoms. The number of fused-ring (bicyclic) bond motifs is 1. The highest BCUT2D eigenvalue weighted by atomic mass is 16.5. The molecule has 8 nitrogen and oxygen atoms in total. The van der Waals surface area contributed by atoms with Crippen LogP contribution in [0.4, 0.5) is 10.6 Å². The van der Waals surface area contributed by atoms with Crippen LogP contribution < -0.4 is 16.2 Å². The van der Waals surface area contributed by atoms with Crippen molar-refractivity contribution < 1.29 is 14.6 Å². The van der Waals surface area contributed by atoms with Crippen molar-refractivity contribution in [2.24, 2.45) is 5.92 Å². The van der Waals surface area contributed by atoms with Gasteiger partial charge >= 0.3 is 11.8 Å². The van der Waals surface area contributed by atoms with E-state index in [1.165, 1.54) is 4.90 Å². The molecule has 1 amide bonds. The van der Waals surface area contributed by atoms with E-state index >= 15 is 0 Å². The summed E-state index contributed by atoms with van der Waals surface area (Å²) in [6.45, 7) is 1.66. The van der Waals surface area contributed by atoms with Crippen LogP contribution in [0.2, 0.25) is 0 Å². The van der Waals surface area contributed by atoms with E-state index in [9.17, 15) is 9.59 Å². The molecule has 0 spiro atoms. The van der Waals surface area contributed by atoms with Crippen molar-refractivity contribution in [2.75, 3.05) is 25.4 Å². The van der Waals surface area contributed by atoms with Crippen LogP contribution in [0.5, 0.6) is 5.75 Å². The van der Waals surface area contributed by atoms with Gasteiger partial charge in [0.25, 0.3) is 0 Å². The fourth-order valence-electron chi connectivity index (χ4n) is 3.08. The maximum atomic E-state index is 11.4. The van der Waals surface area contributed by atoms with Crippen LogP contribution in [-0.4, -0.2) is 45.8 Å². The van der Waals surface area contributed by atoms with Gasteiger partial charge in [-0.2, -0.15) is 4.98 Å². The largest absolute Gasteiger partial charge is 0.493 e. The Balaban J connectivity index is 1.61. The standard InChI is InChI=1S/C16H20N4O4/c17-14-13-11(18-15(21)19-14)2-1-3-12(13)24-9-6-10-4-7-20(8-5-10)16(22)23/h1-3,10H,4-9H2,(H,22,23)(H3,17,18,19,21). The number of likely N-dealkylation sites (tertiary alicyclic amines) is 1. The fraction of sp³-hybridized carbons (Fsp3) is 0.438. The molecule has 1 aliphatic rings. The van der Waals surface area contributed by atoms with Gasteiger partial charge in [-0.25, -0.2) is 9.59 Å². The summed E-state index contributed by atoms with van der Waals surface area (Å²) in [5.74, 6) is 1.20. The lowest BCUT2D eigenvalue weighted by atomic mass is 9.94. The summed E-state index contributed by atoms with van der Waals surface area (Å²) >= 11 is 0. The minimum absolute atomic E-state index is 0.152. The van der Waals surface area contributed by atoms with E-state index in [2.05, 4.69) is 9.97 Å². The molecule has 1 aromatic heterocycles. The van der Waals surface area contributed by atoms with Crippen LogP contribution >= 0.6 is 0 Å². The van der Waals surface area contributed by atoms with Crippen LogP contribution in [0, 0.1) is 5.92 Å². The number of anilines is 1. The Morgan fingerprint density at radius 2 is 2.17 bits per heavy atom. The van der Waals surface area contributed by atoms with Gasteiger partial charge in [0, 0.05) is 13.1 Å². The van der Waals surface area contributed by atoms with E-state index in [-0.39, 0.29) is 5.82 Å². The number of nitrogens with one attached hydrogen (secondary N) is 1. The first-order chi connectivity index (χ1) is 11.5. The Morgan fingerprint density at radius 1 is 1.42 bits per heavy atom. The minimum Gasteiger partial charge on any atom is -0.493 e. The Kier molecular flexibility index (Phi) is 4.54. The Morgan fingerprint density at radius 3 is 2.88 bits per heavy atom. The highest BCUT2D eigenvalue weighted by molar-refractivity contribution is 5.93. The number of amides is 1. The van der Waals surface area contributed by atoms with Crippen LogP contribution in [0.3, 0.4) is 0 Å². The van der Waals surface area contributed by atoms with E-state index in [1.54, 1.807) is 18.2 Å². The maximum absolute atomic E-state index is 11.4. The number of H-pyrrole nitrogens is 1. The molecule has 2 aromatic rings. The second-order valence-electron chi connectivity index (χ2n) is 5.96. The zero-order valence-corrected chi connectivity index (χ0v) is 13.2. The molecular formula is C16H20N4O4. The van der Waals surface area contributed by atoms with Crippen molar-refractivity contribution in [3.05, 3.63) is 28.7 Å². The number of nitrogens with two attached hydrogens (primary N) is 1. The Labute approximate surface area is 138 Å². The Hall–Kier alpha value is -2.77. The number of carbonyl (C=O) groups is 1. The number of nitrogens with zero attached hydrogens (tertiary/aromatic N) is 2. The molecule has 8 heteroatoms. The molecule has 1 fully saturated rings. The molecule has 0 atom stereocenters. The van der Waals surface area contributed by atoms with Gasteiger partial charge in [0.15, 0.2) is 0 Å². The van der Waals surface area contributed by atoms with Crippen LogP contribution in [0.15, 0.2) is 23.0 Å². The molecule has 0 saturated carbocycles. The first-order valence-electron chi connectivity index (χ1n) is 7.94. The highest BCUT2D eigenvalue weighted by Gasteiger charge is 2.22. The van der Waals surface area contributed by atoms with Gasteiger partial charge < -0.3 is 25.5 Å². The predicted molar refractivity (Wildman–Crippen MR) is 89.2 cm³/mol. The third-order valence-corrected chi connectivity index (χ3v) is 4.41. The molecule has 0 aliphatic carbocycles. The molecule has 3 rings (SSSR count). The number of piperidine rings is 1. The number of nitrogen functional groups attached to an aromatic ring is 1. The number of hydrogen-bond acceptors (Lipinski definition) is 5. The van der Waals surface area contributed by atoms with E-state index in [0.717, 1.165) is 19.3 Å². The zero-order chi connectivity index (χ0) is 17.1. The SMILES string of the molecule is Nc1nc(=O)[nH]c2cccc(OCCC3CCN(C(=O)O)CC3)c12. The number of hydrogen-bond donors (Lipinski definition) is 3. The smallest absolute Gasteiger partial charge is 0.407 e. The van der Waals surface area contributed by atoms with Crippen molar-refractivity contribution in [1.29, 1.82) is 0 Å². The van der Waals surface area contributed by atoms with Gasteiger partial charge in [0.2, 0.25) is 0 Å². The molecule has 1 saturated heterocycles. The number of ether oxygens (including phenoxy) is 1. The summed E-state index contributed by atoms with van der Waals surface area (Å²) in [7, 11) is 0. The lowest BCUT2D eigenvalue weighted by Gasteiger charge is -2.29. The topological polar surface area (TPSA) is 122 Å². The van der Waals surface area contributed by atoms with Crippen molar-refractivity contribution in [2.45, 2.75) is 19.3 Å². The van der Waals surface area contributed by atoms with Crippen molar-refractivity contribution in [3.8, 4) is 5.75 Å². The first kappa shape index (κ1) is 16.1. The third-order valence-electron chi connectivity index (χ3n) is 4.41. The quantitative estimate of drug-likeness (QED) is 0.783. The van der Waals surface area contributed by atoms with Gasteiger partial charge in [-0.05, 0) is 37.3 Å². The Bertz CT molecular complexity index is 796. The van der Waals surface area contributed by atoms with Crippen LogP contribution in [0.1, 0.15) is 19.3 Å². The lowest BCUT2D eigenvalue weighted by molar-refractivity contribution is 0.120. The summed E-state index contributed by atoms with van der Waals surface area (Å²) in [5, 5.41) is 9.56. The molecule has 0 radical (unpaired) electrons. The molecule has 2 heterocycles. The van der Waals surface area contributed by atoms with Gasteiger partial charge in [-0.3, -0.25) is 0 Å². The molecule has 128 valence electrons. The summed E-state index contributed by atoms with van der Waals surface area (Å²) in [4.78, 5) is 30.1. The van der Waals surface area contributed by atoms with Gasteiger partial charge in [-0.15, -0.1) is 0 Å². The minimum atomic E-state index is -0.850. The summed E-state index contributed by atoms with van der Waals surface area (Å²) < 4.78 is 5.85. The van der Waals surface area contributed by atoms with E-state index in [0.29, 0.717) is 42.3 Å². The predicted octanol–water partition coefficient (Wildman–Crippen LogP) is 1.66. The molecular weight excluding hydrogens is 312 g/mol. The van der Waals surface area contributed by atoms with Gasteiger partial charge in [-0.1, -0.05) is 6.07 Å². The monoisotopic (exact) mass is 332 g/mol. The molecule has 1 aromatic carbocycles. The highest BCUT2D eigenvalue weighted by Crippen LogP contribution is 2.28. The van der Waals surface area contributed by atoms with Crippen molar-refractivity contribution in [3.63, 3.8) is 0 Å². The second-order valence-corrected chi connectivity index (χ2v) is 5.96. The van der Waals surface area contributed by atoms with Gasteiger partial charge in [0.05, 0.1) is 17.5 Å². The molecule has 1 aliphatic heterocycles. The number of rotatable bonds is 4. The third kappa shape index (κ3) is 3.42. The molecule has 0 unspecified atom stereocenters. The normalized spacial score (nSPS) is 15.6. The molecule has 4 N–H and O–H groups in total. The maximum Gasteiger partial charge on any atom is 0.407 e. The van der Waals surface area contributed by atoms with Crippen molar-refractivity contribution in [1.82, 2.24) is 14.9 Å². The van der Waals surface area contributed by atoms with E-state index in [1.807, 2.05) is 0 Å². The zero-order valence-electron chi connectivity index (χ0n) is 13.2. The average molecular weight is 332 g/mol. The van der Waals surface area contributed by atoms with Crippen LogP contribution in [-0.2, 0) is 0 Å². The van der Waals surface area contributed by atoms with E-state index < -0.39 is 11.8 Å². The lowest BCUT2D eigenvalue weighted by Crippen LogP contribution is -2.37. The summed E-state index contributed by atoms with van der Waals surface area (Å²) in [6.07, 6.45) is 1.70. The first-order valence-corrected chi connectivity index (χ1v) is 7.94. The number of aromatic amines is 1. The van der Waals surface area contributed by atoms with Crippen LogP contribution in [0.25, 0.3) is 10.9 Å².